The van der Waals surface area contributed by atoms with E-state index in [1.165, 1.54) is 18.2 Å². The predicted octanol–water partition coefficient (Wildman–Crippen LogP) is 5.23. The molecule has 8 heteroatoms. The van der Waals surface area contributed by atoms with Crippen molar-refractivity contribution in [3.8, 4) is 6.07 Å². The van der Waals surface area contributed by atoms with E-state index in [4.69, 9.17) is 22.6 Å². The molecular weight excluding hydrogens is 467 g/mol. The van der Waals surface area contributed by atoms with Crippen molar-refractivity contribution in [3.63, 3.8) is 0 Å². The molecule has 3 aromatic carbocycles. The number of hydrogen-bond donors (Lipinski definition) is 2. The smallest absolute Gasteiger partial charge is 0.255 e. The van der Waals surface area contributed by atoms with Crippen molar-refractivity contribution in [1.29, 1.82) is 5.26 Å². The number of anilines is 1. The summed E-state index contributed by atoms with van der Waals surface area (Å²) >= 11 is 6.45. The van der Waals surface area contributed by atoms with Crippen LogP contribution in [0.2, 0.25) is 5.02 Å². The maximum absolute atomic E-state index is 13.5. The number of rotatable bonds is 8. The second kappa shape index (κ2) is 11.1. The summed E-state index contributed by atoms with van der Waals surface area (Å²) in [6.07, 6.45) is 0. The van der Waals surface area contributed by atoms with E-state index in [2.05, 4.69) is 5.32 Å². The number of nitrogens with two attached hydrogens (primary N) is 1. The van der Waals surface area contributed by atoms with E-state index in [9.17, 15) is 14.0 Å². The molecule has 0 aliphatic rings. The highest BCUT2D eigenvalue weighted by molar-refractivity contribution is 6.31. The van der Waals surface area contributed by atoms with Gasteiger partial charge in [0.05, 0.1) is 11.6 Å². The lowest BCUT2D eigenvalue weighted by Gasteiger charge is -2.32. The maximum Gasteiger partial charge on any atom is 0.255 e. The molecular formula is C27H26ClFN4O2. The molecule has 35 heavy (non-hydrogen) atoms. The first-order valence-corrected chi connectivity index (χ1v) is 11.3. The average molecular weight is 493 g/mol. The largest absolute Gasteiger partial charge is 0.334 e. The molecule has 0 atom stereocenters. The quantitative estimate of drug-likeness (QED) is 0.449. The van der Waals surface area contributed by atoms with Crippen molar-refractivity contribution < 1.29 is 14.0 Å². The molecule has 0 aliphatic carbocycles. The van der Waals surface area contributed by atoms with Crippen LogP contribution >= 0.6 is 11.6 Å². The molecule has 0 saturated carbocycles. The Morgan fingerprint density at radius 1 is 1.09 bits per heavy atom. The van der Waals surface area contributed by atoms with Gasteiger partial charge < -0.3 is 16.0 Å². The van der Waals surface area contributed by atoms with Crippen molar-refractivity contribution in [2.45, 2.75) is 20.4 Å². The summed E-state index contributed by atoms with van der Waals surface area (Å²) < 4.78 is 13.5. The van der Waals surface area contributed by atoms with E-state index >= 15 is 0 Å². The van der Waals surface area contributed by atoms with E-state index in [0.29, 0.717) is 40.5 Å². The van der Waals surface area contributed by atoms with Crippen molar-refractivity contribution in [2.75, 3.05) is 18.4 Å². The topological polar surface area (TPSA) is 99.2 Å². The van der Waals surface area contributed by atoms with Crippen LogP contribution in [0, 0.1) is 22.6 Å². The molecule has 3 rings (SSSR count). The summed E-state index contributed by atoms with van der Waals surface area (Å²) in [4.78, 5) is 27.6. The van der Waals surface area contributed by atoms with Crippen LogP contribution in [0.3, 0.4) is 0 Å². The molecule has 180 valence electrons. The van der Waals surface area contributed by atoms with Gasteiger partial charge in [-0.3, -0.25) is 9.59 Å². The lowest BCUT2D eigenvalue weighted by molar-refractivity contribution is 0.0673. The van der Waals surface area contributed by atoms with Crippen LogP contribution in [0.15, 0.2) is 66.7 Å². The third-order valence-electron chi connectivity index (χ3n) is 5.47. The molecule has 0 heterocycles. The normalized spacial score (nSPS) is 11.0. The summed E-state index contributed by atoms with van der Waals surface area (Å²) in [5.41, 5.74) is 7.72. The van der Waals surface area contributed by atoms with Crippen LogP contribution in [-0.2, 0) is 6.54 Å². The fraction of sp³-hybridized carbons (Fsp3) is 0.222. The molecule has 6 nitrogen and oxygen atoms in total. The van der Waals surface area contributed by atoms with Crippen molar-refractivity contribution in [3.05, 3.63) is 99.8 Å². The second-order valence-corrected chi connectivity index (χ2v) is 9.40. The fourth-order valence-corrected chi connectivity index (χ4v) is 3.64. The number of nitrogens with one attached hydrogen (secondary N) is 1. The fourth-order valence-electron chi connectivity index (χ4n) is 3.46. The predicted molar refractivity (Wildman–Crippen MR) is 135 cm³/mol. The zero-order valence-corrected chi connectivity index (χ0v) is 20.3. The first-order valence-electron chi connectivity index (χ1n) is 11.0. The van der Waals surface area contributed by atoms with Gasteiger partial charge >= 0.3 is 0 Å². The highest BCUT2D eigenvalue weighted by atomic mass is 35.5. The lowest BCUT2D eigenvalue weighted by atomic mass is 9.92. The molecule has 0 bridgehead atoms. The van der Waals surface area contributed by atoms with Gasteiger partial charge in [0.1, 0.15) is 5.82 Å². The van der Waals surface area contributed by atoms with Crippen LogP contribution in [0.25, 0.3) is 0 Å². The number of benzene rings is 3. The molecule has 0 aromatic heterocycles. The first kappa shape index (κ1) is 25.9. The Morgan fingerprint density at radius 3 is 2.43 bits per heavy atom. The number of carbonyl (C=O) groups is 2. The molecule has 0 unspecified atom stereocenters. The molecule has 0 spiro atoms. The molecule has 0 fully saturated rings. The van der Waals surface area contributed by atoms with Crippen molar-refractivity contribution in [1.82, 2.24) is 4.90 Å². The van der Waals surface area contributed by atoms with Gasteiger partial charge in [-0.2, -0.15) is 5.26 Å². The minimum atomic E-state index is -0.506. The van der Waals surface area contributed by atoms with Gasteiger partial charge in [0, 0.05) is 34.9 Å². The van der Waals surface area contributed by atoms with Gasteiger partial charge in [-0.25, -0.2) is 4.39 Å². The van der Waals surface area contributed by atoms with Crippen molar-refractivity contribution >= 4 is 29.1 Å². The average Bonchev–Trinajstić information content (AvgIpc) is 2.85. The second-order valence-electron chi connectivity index (χ2n) is 8.99. The molecule has 2 amide bonds. The van der Waals surface area contributed by atoms with Crippen molar-refractivity contribution in [2.24, 2.45) is 11.1 Å². The Labute approximate surface area is 209 Å². The number of nitrogens with zero attached hydrogens (tertiary/aromatic N) is 2. The minimum Gasteiger partial charge on any atom is -0.334 e. The van der Waals surface area contributed by atoms with Gasteiger partial charge in [-0.1, -0.05) is 31.5 Å². The number of nitriles is 1. The molecule has 0 saturated heterocycles. The zero-order valence-electron chi connectivity index (χ0n) is 19.5. The van der Waals surface area contributed by atoms with Gasteiger partial charge in [-0.05, 0) is 78.2 Å². The third kappa shape index (κ3) is 6.89. The highest BCUT2D eigenvalue weighted by Crippen LogP contribution is 2.26. The number of halogens is 2. The zero-order chi connectivity index (χ0) is 25.6. The van der Waals surface area contributed by atoms with Gasteiger partial charge in [0.25, 0.3) is 11.8 Å². The number of amides is 2. The summed E-state index contributed by atoms with van der Waals surface area (Å²) in [7, 11) is 0. The van der Waals surface area contributed by atoms with Gasteiger partial charge in [0.2, 0.25) is 0 Å². The Kier molecular flexibility index (Phi) is 8.23. The maximum atomic E-state index is 13.5. The molecule has 3 N–H and O–H groups in total. The van der Waals surface area contributed by atoms with Crippen LogP contribution in [0.5, 0.6) is 0 Å². The summed E-state index contributed by atoms with van der Waals surface area (Å²) in [5, 5.41) is 12.2. The molecule has 0 aliphatic heterocycles. The van der Waals surface area contributed by atoms with E-state index in [-0.39, 0.29) is 23.4 Å². The monoisotopic (exact) mass is 492 g/mol. The Morgan fingerprint density at radius 2 is 1.80 bits per heavy atom. The number of hydrogen-bond acceptors (Lipinski definition) is 4. The number of carbonyl (C=O) groups excluding carboxylic acids is 2. The molecule has 3 aromatic rings. The van der Waals surface area contributed by atoms with Crippen LogP contribution in [0.1, 0.15) is 45.7 Å². The summed E-state index contributed by atoms with van der Waals surface area (Å²) in [6.45, 7) is 4.82. The van der Waals surface area contributed by atoms with E-state index in [1.807, 2.05) is 19.9 Å². The van der Waals surface area contributed by atoms with Crippen LogP contribution in [-0.4, -0.2) is 29.8 Å². The Bertz CT molecular complexity index is 1270. The summed E-state index contributed by atoms with van der Waals surface area (Å²) in [5.74, 6) is -1.21. The molecule has 0 radical (unpaired) electrons. The SMILES string of the molecule is CC(C)(CN)CN(Cc1cc(NC(=O)c2cccc(F)c2)ccc1Cl)C(=O)c1ccc(C#N)cc1. The highest BCUT2D eigenvalue weighted by Gasteiger charge is 2.25. The first-order chi connectivity index (χ1) is 16.6. The van der Waals surface area contributed by atoms with Crippen LogP contribution < -0.4 is 11.1 Å². The van der Waals surface area contributed by atoms with Gasteiger partial charge in [-0.15, -0.1) is 0 Å². The minimum absolute atomic E-state index is 0.171. The standard InChI is InChI=1S/C27H26ClFN4O2/c1-27(2,16-31)17-33(26(35)19-8-6-18(14-30)7-9-19)15-21-13-23(10-11-24(21)28)32-25(34)20-4-3-5-22(29)12-20/h3-13H,15-17,31H2,1-2H3,(H,32,34). The van der Waals surface area contributed by atoms with E-state index in [1.54, 1.807) is 47.4 Å². The van der Waals surface area contributed by atoms with Gasteiger partial charge in [0.15, 0.2) is 0 Å². The Hall–Kier alpha value is -3.73. The van der Waals surface area contributed by atoms with Crippen LogP contribution in [0.4, 0.5) is 10.1 Å². The lowest BCUT2D eigenvalue weighted by Crippen LogP contribution is -2.41. The third-order valence-corrected chi connectivity index (χ3v) is 5.84. The Balaban J connectivity index is 1.87. The van der Waals surface area contributed by atoms with E-state index in [0.717, 1.165) is 6.07 Å². The summed E-state index contributed by atoms with van der Waals surface area (Å²) in [6, 6.07) is 18.8. The van der Waals surface area contributed by atoms with E-state index < -0.39 is 11.7 Å².